The Bertz CT molecular complexity index is 1230. The first kappa shape index (κ1) is 28.9. The molecule has 4 rings (SSSR count). The number of carbonyl (C=O) groups is 2. The number of aliphatic hydroxyl groups is 1. The Labute approximate surface area is 224 Å². The smallest absolute Gasteiger partial charge is 0.335 e. The lowest BCUT2D eigenvalue weighted by Crippen LogP contribution is -2.42. The number of hydrogen-bond acceptors (Lipinski definition) is 7. The molecular formula is C28H29ClFNO7. The number of aromatic hydroxyl groups is 3. The molecule has 0 saturated carbocycles. The summed E-state index contributed by atoms with van der Waals surface area (Å²) in [5.41, 5.74) is 0.378. The molecule has 1 saturated heterocycles. The highest BCUT2D eigenvalue weighted by Crippen LogP contribution is 2.35. The van der Waals surface area contributed by atoms with Gasteiger partial charge >= 0.3 is 5.97 Å². The number of hydrogen-bond donors (Lipinski definition) is 5. The van der Waals surface area contributed by atoms with Gasteiger partial charge in [-0.2, -0.15) is 0 Å². The van der Waals surface area contributed by atoms with Crippen molar-refractivity contribution >= 4 is 23.4 Å². The van der Waals surface area contributed by atoms with Crippen molar-refractivity contribution in [2.24, 2.45) is 0 Å². The standard InChI is InChI=1S/C21H23ClFNO2.C7H6O5/c22-18-7-5-17(6-8-18)21(26)11-14-24(15-12-21)13-1-2-20(25)16-3-9-19(23)10-4-16;8-4-1-3(7(11)12)2-5(9)6(4)10/h3-10,26H,1-2,11-15H2;1-2,8-10H,(H,11,12). The van der Waals surface area contributed by atoms with Crippen LogP contribution >= 0.6 is 11.6 Å². The molecule has 38 heavy (non-hydrogen) atoms. The zero-order valence-electron chi connectivity index (χ0n) is 20.5. The number of likely N-dealkylation sites (tertiary alicyclic amines) is 1. The maximum atomic E-state index is 12.9. The molecule has 3 aromatic rings. The van der Waals surface area contributed by atoms with Gasteiger partial charge in [-0.25, -0.2) is 9.18 Å². The van der Waals surface area contributed by atoms with Crippen LogP contribution in [0, 0.1) is 5.82 Å². The highest BCUT2D eigenvalue weighted by atomic mass is 35.5. The van der Waals surface area contributed by atoms with Gasteiger partial charge < -0.3 is 30.4 Å². The van der Waals surface area contributed by atoms with Crippen LogP contribution in [0.1, 0.15) is 52.0 Å². The van der Waals surface area contributed by atoms with Gasteiger partial charge in [0.05, 0.1) is 11.2 Å². The van der Waals surface area contributed by atoms with E-state index in [2.05, 4.69) is 4.90 Å². The highest BCUT2D eigenvalue weighted by molar-refractivity contribution is 6.30. The average Bonchev–Trinajstić information content (AvgIpc) is 2.89. The van der Waals surface area contributed by atoms with Gasteiger partial charge in [0.2, 0.25) is 0 Å². The van der Waals surface area contributed by atoms with E-state index in [-0.39, 0.29) is 17.2 Å². The van der Waals surface area contributed by atoms with E-state index >= 15 is 0 Å². The highest BCUT2D eigenvalue weighted by Gasteiger charge is 2.33. The van der Waals surface area contributed by atoms with Crippen molar-refractivity contribution in [1.29, 1.82) is 0 Å². The number of ketones is 1. The van der Waals surface area contributed by atoms with E-state index in [4.69, 9.17) is 32.0 Å². The summed E-state index contributed by atoms with van der Waals surface area (Å²) in [5, 5.41) is 46.5. The Kier molecular flexibility index (Phi) is 9.68. The van der Waals surface area contributed by atoms with Crippen molar-refractivity contribution in [1.82, 2.24) is 4.90 Å². The summed E-state index contributed by atoms with van der Waals surface area (Å²) in [7, 11) is 0. The summed E-state index contributed by atoms with van der Waals surface area (Å²) in [4.78, 5) is 24.7. The Balaban J connectivity index is 0.000000279. The van der Waals surface area contributed by atoms with E-state index < -0.39 is 28.8 Å². The maximum Gasteiger partial charge on any atom is 0.335 e. The van der Waals surface area contributed by atoms with Crippen molar-refractivity contribution < 1.29 is 39.5 Å². The van der Waals surface area contributed by atoms with Gasteiger partial charge in [0.15, 0.2) is 23.0 Å². The van der Waals surface area contributed by atoms with Crippen molar-refractivity contribution in [2.75, 3.05) is 19.6 Å². The van der Waals surface area contributed by atoms with E-state index in [9.17, 15) is 19.1 Å². The van der Waals surface area contributed by atoms with Crippen molar-refractivity contribution in [3.63, 3.8) is 0 Å². The zero-order chi connectivity index (χ0) is 27.9. The molecule has 0 aromatic heterocycles. The molecule has 8 nitrogen and oxygen atoms in total. The first-order valence-electron chi connectivity index (χ1n) is 12.0. The molecule has 0 amide bonds. The Morgan fingerprint density at radius 1 is 0.895 bits per heavy atom. The summed E-state index contributed by atoms with van der Waals surface area (Å²) in [6.07, 6.45) is 2.54. The SMILES string of the molecule is O=C(CCCN1CCC(O)(c2ccc(Cl)cc2)CC1)c1ccc(F)cc1.O=C(O)c1cc(O)c(O)c(O)c1. The fourth-order valence-corrected chi connectivity index (χ4v) is 4.29. The molecule has 1 heterocycles. The van der Waals surface area contributed by atoms with Crippen LogP contribution in [0.25, 0.3) is 0 Å². The Morgan fingerprint density at radius 3 is 1.97 bits per heavy atom. The number of carboxylic acids is 1. The van der Waals surface area contributed by atoms with Crippen molar-refractivity contribution in [3.05, 3.63) is 88.2 Å². The van der Waals surface area contributed by atoms with Crippen molar-refractivity contribution in [3.8, 4) is 17.2 Å². The van der Waals surface area contributed by atoms with E-state index in [1.807, 2.05) is 24.3 Å². The molecule has 5 N–H and O–H groups in total. The molecule has 1 fully saturated rings. The normalized spacial score (nSPS) is 14.8. The molecule has 1 aliphatic heterocycles. The lowest BCUT2D eigenvalue weighted by molar-refractivity contribution is -0.0260. The second kappa shape index (κ2) is 12.7. The summed E-state index contributed by atoms with van der Waals surface area (Å²) in [6, 6.07) is 14.8. The van der Waals surface area contributed by atoms with Gasteiger partial charge in [-0.15, -0.1) is 0 Å². The molecule has 0 aliphatic carbocycles. The molecule has 0 bridgehead atoms. The van der Waals surface area contributed by atoms with Gasteiger partial charge in [-0.3, -0.25) is 4.79 Å². The van der Waals surface area contributed by atoms with Crippen LogP contribution in [-0.2, 0) is 5.60 Å². The van der Waals surface area contributed by atoms with Crippen LogP contribution < -0.4 is 0 Å². The molecule has 1 aliphatic rings. The monoisotopic (exact) mass is 545 g/mol. The van der Waals surface area contributed by atoms with E-state index in [1.54, 1.807) is 0 Å². The first-order valence-corrected chi connectivity index (χ1v) is 12.3. The number of aromatic carboxylic acids is 1. The van der Waals surface area contributed by atoms with Gasteiger partial charge in [0, 0.05) is 30.1 Å². The van der Waals surface area contributed by atoms with Crippen molar-refractivity contribution in [2.45, 2.75) is 31.3 Å². The van der Waals surface area contributed by atoms with E-state index in [0.717, 1.165) is 43.8 Å². The number of rotatable bonds is 7. The second-order valence-corrected chi connectivity index (χ2v) is 9.52. The van der Waals surface area contributed by atoms with Crippen LogP contribution in [0.5, 0.6) is 17.2 Å². The summed E-state index contributed by atoms with van der Waals surface area (Å²) < 4.78 is 12.9. The third kappa shape index (κ3) is 7.67. The van der Waals surface area contributed by atoms with Gasteiger partial charge in [-0.05, 0) is 79.9 Å². The molecule has 0 radical (unpaired) electrons. The predicted molar refractivity (Wildman–Crippen MR) is 139 cm³/mol. The van der Waals surface area contributed by atoms with Crippen LogP contribution in [0.15, 0.2) is 60.7 Å². The fourth-order valence-electron chi connectivity index (χ4n) is 4.17. The first-order chi connectivity index (χ1) is 18.0. The summed E-state index contributed by atoms with van der Waals surface area (Å²) in [6.45, 7) is 2.41. The molecule has 202 valence electrons. The minimum atomic E-state index is -1.29. The topological polar surface area (TPSA) is 139 Å². The summed E-state index contributed by atoms with van der Waals surface area (Å²) in [5.74, 6) is -3.62. The molecular weight excluding hydrogens is 517 g/mol. The Hall–Kier alpha value is -3.66. The number of Topliss-reactive ketones (excluding diaryl/α,β-unsaturated/α-hetero) is 1. The zero-order valence-corrected chi connectivity index (χ0v) is 21.2. The number of nitrogens with zero attached hydrogens (tertiary/aromatic N) is 1. The minimum Gasteiger partial charge on any atom is -0.504 e. The number of piperidine rings is 1. The predicted octanol–water partition coefficient (Wildman–Crippen LogP) is 4.93. The fraction of sp³-hybridized carbons (Fsp3) is 0.286. The van der Waals surface area contributed by atoms with E-state index in [1.165, 1.54) is 24.3 Å². The molecule has 0 spiro atoms. The average molecular weight is 546 g/mol. The third-order valence-electron chi connectivity index (χ3n) is 6.43. The van der Waals surface area contributed by atoms with Crippen LogP contribution in [0.4, 0.5) is 4.39 Å². The molecule has 0 unspecified atom stereocenters. The van der Waals surface area contributed by atoms with Crippen LogP contribution in [0.2, 0.25) is 5.02 Å². The molecule has 3 aromatic carbocycles. The van der Waals surface area contributed by atoms with Gasteiger partial charge in [-0.1, -0.05) is 23.7 Å². The minimum absolute atomic E-state index is 0.0414. The quantitative estimate of drug-likeness (QED) is 0.208. The Morgan fingerprint density at radius 2 is 1.45 bits per heavy atom. The lowest BCUT2D eigenvalue weighted by atomic mass is 9.84. The lowest BCUT2D eigenvalue weighted by Gasteiger charge is -2.38. The number of carbonyl (C=O) groups excluding carboxylic acids is 1. The van der Waals surface area contributed by atoms with Gasteiger partial charge in [0.25, 0.3) is 0 Å². The largest absolute Gasteiger partial charge is 0.504 e. The number of carboxylic acid groups (broad SMARTS) is 1. The van der Waals surface area contributed by atoms with Crippen LogP contribution in [-0.4, -0.2) is 61.8 Å². The molecule has 0 atom stereocenters. The number of benzene rings is 3. The maximum absolute atomic E-state index is 12.9. The van der Waals surface area contributed by atoms with Crippen LogP contribution in [0.3, 0.4) is 0 Å². The number of phenolic OH excluding ortho intramolecular Hbond substituents is 3. The number of phenols is 3. The third-order valence-corrected chi connectivity index (χ3v) is 6.68. The van der Waals surface area contributed by atoms with Gasteiger partial charge in [0.1, 0.15) is 5.82 Å². The van der Waals surface area contributed by atoms with E-state index in [0.29, 0.717) is 29.8 Å². The number of halogens is 2. The summed E-state index contributed by atoms with van der Waals surface area (Å²) >= 11 is 5.92. The second-order valence-electron chi connectivity index (χ2n) is 9.08. The molecule has 10 heteroatoms.